The van der Waals surface area contributed by atoms with E-state index in [4.69, 9.17) is 14.2 Å². The summed E-state index contributed by atoms with van der Waals surface area (Å²) in [4.78, 5) is 27.9. The number of Topliss-reactive ketones (excluding diaryl/α,β-unsaturated/α-hetero) is 1. The minimum atomic E-state index is -0.775. The van der Waals surface area contributed by atoms with E-state index in [2.05, 4.69) is 15.9 Å². The average Bonchev–Trinajstić information content (AvgIpc) is 3.08. The molecule has 35 heavy (non-hydrogen) atoms. The van der Waals surface area contributed by atoms with E-state index in [1.54, 1.807) is 43.5 Å². The molecule has 1 aliphatic heterocycles. The van der Waals surface area contributed by atoms with Crippen LogP contribution < -0.4 is 9.47 Å². The van der Waals surface area contributed by atoms with Crippen molar-refractivity contribution in [1.29, 1.82) is 0 Å². The Morgan fingerprint density at radius 1 is 1.14 bits per heavy atom. The zero-order valence-electron chi connectivity index (χ0n) is 20.8. The number of ketones is 1. The number of hydrogen-bond donors (Lipinski definition) is 1. The summed E-state index contributed by atoms with van der Waals surface area (Å²) < 4.78 is 17.6. The van der Waals surface area contributed by atoms with Crippen LogP contribution in [0, 0.1) is 6.92 Å². The summed E-state index contributed by atoms with van der Waals surface area (Å²) in [6.45, 7) is 8.81. The molecule has 0 radical (unpaired) electrons. The van der Waals surface area contributed by atoms with E-state index < -0.39 is 17.7 Å². The third-order valence-electron chi connectivity index (χ3n) is 5.77. The fraction of sp³-hybridized carbons (Fsp3) is 0.407. The van der Waals surface area contributed by atoms with Crippen molar-refractivity contribution in [3.63, 3.8) is 0 Å². The molecule has 1 atom stereocenters. The van der Waals surface area contributed by atoms with Crippen LogP contribution >= 0.6 is 15.9 Å². The van der Waals surface area contributed by atoms with Gasteiger partial charge in [0.15, 0.2) is 11.5 Å². The molecule has 1 fully saturated rings. The van der Waals surface area contributed by atoms with Gasteiger partial charge < -0.3 is 24.2 Å². The van der Waals surface area contributed by atoms with E-state index in [1.807, 2.05) is 27.7 Å². The van der Waals surface area contributed by atoms with Crippen molar-refractivity contribution < 1.29 is 28.9 Å². The van der Waals surface area contributed by atoms with Gasteiger partial charge in [0, 0.05) is 23.2 Å². The monoisotopic (exact) mass is 545 g/mol. The average molecular weight is 546 g/mol. The number of halogens is 1. The highest BCUT2D eigenvalue weighted by Gasteiger charge is 2.46. The van der Waals surface area contributed by atoms with Gasteiger partial charge in [-0.1, -0.05) is 28.1 Å². The summed E-state index contributed by atoms with van der Waals surface area (Å²) >= 11 is 3.46. The highest BCUT2D eigenvalue weighted by Crippen LogP contribution is 2.42. The number of hydrogen-bond acceptors (Lipinski definition) is 6. The molecule has 8 heteroatoms. The first kappa shape index (κ1) is 26.8. The van der Waals surface area contributed by atoms with Gasteiger partial charge in [0.05, 0.1) is 31.4 Å². The second-order valence-corrected chi connectivity index (χ2v) is 9.43. The van der Waals surface area contributed by atoms with E-state index >= 15 is 0 Å². The maximum atomic E-state index is 13.2. The van der Waals surface area contributed by atoms with Gasteiger partial charge in [-0.15, -0.1) is 0 Å². The molecule has 0 spiro atoms. The van der Waals surface area contributed by atoms with Crippen LogP contribution in [0.5, 0.6) is 11.5 Å². The Balaban J connectivity index is 2.12. The van der Waals surface area contributed by atoms with Crippen molar-refractivity contribution in [2.24, 2.45) is 0 Å². The number of amides is 1. The summed E-state index contributed by atoms with van der Waals surface area (Å²) in [6, 6.07) is 9.81. The van der Waals surface area contributed by atoms with E-state index in [0.29, 0.717) is 48.8 Å². The first-order valence-electron chi connectivity index (χ1n) is 11.7. The van der Waals surface area contributed by atoms with Crippen LogP contribution in [-0.4, -0.2) is 54.7 Å². The van der Waals surface area contributed by atoms with Crippen LogP contribution in [0.4, 0.5) is 0 Å². The molecule has 2 aromatic rings. The molecule has 3 rings (SSSR count). The Labute approximate surface area is 214 Å². The normalized spacial score (nSPS) is 17.3. The zero-order valence-corrected chi connectivity index (χ0v) is 22.3. The van der Waals surface area contributed by atoms with Crippen molar-refractivity contribution in [1.82, 2.24) is 4.90 Å². The number of aliphatic hydroxyl groups is 1. The number of aliphatic hydroxyl groups excluding tert-OH is 1. The van der Waals surface area contributed by atoms with Gasteiger partial charge in [0.25, 0.3) is 11.7 Å². The predicted octanol–water partition coefficient (Wildman–Crippen LogP) is 5.40. The van der Waals surface area contributed by atoms with Crippen molar-refractivity contribution in [3.8, 4) is 11.5 Å². The predicted molar refractivity (Wildman–Crippen MR) is 138 cm³/mol. The lowest BCUT2D eigenvalue weighted by Gasteiger charge is -2.26. The molecule has 188 valence electrons. The van der Waals surface area contributed by atoms with Crippen LogP contribution in [0.1, 0.15) is 49.9 Å². The number of benzene rings is 2. The molecule has 1 aliphatic rings. The summed E-state index contributed by atoms with van der Waals surface area (Å²) in [5.74, 6) is -0.531. The number of carbonyl (C=O) groups is 2. The highest BCUT2D eigenvalue weighted by molar-refractivity contribution is 9.10. The second-order valence-electron chi connectivity index (χ2n) is 8.57. The zero-order chi connectivity index (χ0) is 25.7. The topological polar surface area (TPSA) is 85.3 Å². The van der Waals surface area contributed by atoms with E-state index in [0.717, 1.165) is 10.0 Å². The SMILES string of the molecule is CCOc1cc(C2/C(=C(/O)c3ccc(Br)c(C)c3)C(=O)C(=O)N2CCCOC(C)C)ccc1OC. The number of likely N-dealkylation sites (tertiary alicyclic amines) is 1. The molecule has 7 nitrogen and oxygen atoms in total. The van der Waals surface area contributed by atoms with Gasteiger partial charge in [0.2, 0.25) is 0 Å². The Bertz CT molecular complexity index is 1130. The lowest BCUT2D eigenvalue weighted by atomic mass is 9.94. The van der Waals surface area contributed by atoms with E-state index in [1.165, 1.54) is 4.90 Å². The van der Waals surface area contributed by atoms with Gasteiger partial charge in [-0.25, -0.2) is 0 Å². The molecule has 1 heterocycles. The smallest absolute Gasteiger partial charge is 0.295 e. The Morgan fingerprint density at radius 3 is 2.51 bits per heavy atom. The third kappa shape index (κ3) is 5.87. The summed E-state index contributed by atoms with van der Waals surface area (Å²) in [7, 11) is 1.55. The minimum Gasteiger partial charge on any atom is -0.507 e. The molecule has 0 aliphatic carbocycles. The van der Waals surface area contributed by atoms with E-state index in [9.17, 15) is 14.7 Å². The quantitative estimate of drug-likeness (QED) is 0.186. The lowest BCUT2D eigenvalue weighted by molar-refractivity contribution is -0.140. The maximum Gasteiger partial charge on any atom is 0.295 e. The van der Waals surface area contributed by atoms with Crippen LogP contribution in [-0.2, 0) is 14.3 Å². The van der Waals surface area contributed by atoms with Gasteiger partial charge in [0.1, 0.15) is 5.76 Å². The van der Waals surface area contributed by atoms with Gasteiger partial charge in [-0.05, 0) is 69.5 Å². The first-order valence-corrected chi connectivity index (χ1v) is 12.5. The van der Waals surface area contributed by atoms with Crippen LogP contribution in [0.15, 0.2) is 46.4 Å². The molecule has 1 saturated heterocycles. The molecular weight excluding hydrogens is 514 g/mol. The Morgan fingerprint density at radius 2 is 1.89 bits per heavy atom. The lowest BCUT2D eigenvalue weighted by Crippen LogP contribution is -2.31. The van der Waals surface area contributed by atoms with Crippen molar-refractivity contribution in [2.75, 3.05) is 26.9 Å². The fourth-order valence-electron chi connectivity index (χ4n) is 4.09. The Kier molecular flexibility index (Phi) is 8.97. The Hall–Kier alpha value is -2.84. The molecular formula is C27H32BrNO6. The third-order valence-corrected chi connectivity index (χ3v) is 6.66. The highest BCUT2D eigenvalue weighted by atomic mass is 79.9. The first-order chi connectivity index (χ1) is 16.7. The van der Waals surface area contributed by atoms with Crippen molar-refractivity contribution in [2.45, 2.75) is 46.3 Å². The minimum absolute atomic E-state index is 0.0501. The van der Waals surface area contributed by atoms with Gasteiger partial charge >= 0.3 is 0 Å². The van der Waals surface area contributed by atoms with Crippen LogP contribution in [0.25, 0.3) is 5.76 Å². The van der Waals surface area contributed by atoms with Crippen molar-refractivity contribution >= 4 is 33.4 Å². The molecule has 2 aromatic carbocycles. The number of ether oxygens (including phenoxy) is 3. The molecule has 0 aromatic heterocycles. The largest absolute Gasteiger partial charge is 0.507 e. The molecule has 1 unspecified atom stereocenters. The molecule has 1 amide bonds. The second kappa shape index (κ2) is 11.7. The standard InChI is InChI=1S/C27H32BrNO6/c1-6-34-22-15-18(9-11-21(22)33-5)24-23(25(30)19-8-10-20(28)17(4)14-19)26(31)27(32)29(24)12-7-13-35-16(2)3/h8-11,14-16,24,30H,6-7,12-13H2,1-5H3/b25-23-. The van der Waals surface area contributed by atoms with Gasteiger partial charge in [-0.3, -0.25) is 9.59 Å². The van der Waals surface area contributed by atoms with E-state index in [-0.39, 0.29) is 17.4 Å². The number of rotatable bonds is 10. The summed E-state index contributed by atoms with van der Waals surface area (Å²) in [6.07, 6.45) is 0.616. The molecule has 0 saturated carbocycles. The molecule has 0 bridgehead atoms. The maximum absolute atomic E-state index is 13.2. The number of aryl methyl sites for hydroxylation is 1. The number of nitrogens with zero attached hydrogens (tertiary/aromatic N) is 1. The van der Waals surface area contributed by atoms with Gasteiger partial charge in [-0.2, -0.15) is 0 Å². The summed E-state index contributed by atoms with van der Waals surface area (Å²) in [5.41, 5.74) is 2.06. The van der Waals surface area contributed by atoms with Crippen LogP contribution in [0.2, 0.25) is 0 Å². The number of carbonyl (C=O) groups excluding carboxylic acids is 2. The summed E-state index contributed by atoms with van der Waals surface area (Å²) in [5, 5.41) is 11.3. The molecule has 1 N–H and O–H groups in total. The fourth-order valence-corrected chi connectivity index (χ4v) is 4.34. The van der Waals surface area contributed by atoms with Crippen molar-refractivity contribution in [3.05, 3.63) is 63.1 Å². The van der Waals surface area contributed by atoms with Crippen LogP contribution in [0.3, 0.4) is 0 Å². The number of methoxy groups -OCH3 is 1.